The summed E-state index contributed by atoms with van der Waals surface area (Å²) in [6.07, 6.45) is 6.08. The third-order valence-corrected chi connectivity index (χ3v) is 4.32. The molecule has 1 heterocycles. The number of nitriles is 1. The second-order valence-corrected chi connectivity index (χ2v) is 5.59. The second-order valence-electron chi connectivity index (χ2n) is 5.59. The maximum atomic E-state index is 12.2. The smallest absolute Gasteiger partial charge is 0.298 e. The van der Waals surface area contributed by atoms with E-state index >= 15 is 0 Å². The molecule has 1 aliphatic heterocycles. The molecule has 0 aliphatic carbocycles. The molecule has 3 rings (SSSR count). The molecular weight excluding hydrogens is 300 g/mol. The highest BCUT2D eigenvalue weighted by molar-refractivity contribution is 5.93. The number of rotatable bonds is 2. The lowest BCUT2D eigenvalue weighted by molar-refractivity contribution is -0.127. The van der Waals surface area contributed by atoms with E-state index in [1.165, 1.54) is 0 Å². The molecule has 4 heteroatoms. The average Bonchev–Trinajstić information content (AvgIpc) is 2.66. The van der Waals surface area contributed by atoms with E-state index in [4.69, 9.17) is 16.4 Å². The number of terminal acetylenes is 1. The Morgan fingerprint density at radius 3 is 2.67 bits per heavy atom. The van der Waals surface area contributed by atoms with Gasteiger partial charge in [-0.15, -0.1) is 6.42 Å². The van der Waals surface area contributed by atoms with Gasteiger partial charge < -0.3 is 9.64 Å². The molecule has 2 aromatic rings. The van der Waals surface area contributed by atoms with Crippen molar-refractivity contribution < 1.29 is 9.53 Å². The highest BCUT2D eigenvalue weighted by Crippen LogP contribution is 2.36. The average molecular weight is 316 g/mol. The summed E-state index contributed by atoms with van der Waals surface area (Å²) in [6, 6.07) is 15.0. The molecule has 1 amide bonds. The van der Waals surface area contributed by atoms with E-state index in [9.17, 15) is 4.79 Å². The van der Waals surface area contributed by atoms with Crippen molar-refractivity contribution in [3.8, 4) is 24.2 Å². The van der Waals surface area contributed by atoms with Crippen molar-refractivity contribution in [2.45, 2.75) is 12.5 Å². The van der Waals surface area contributed by atoms with Crippen molar-refractivity contribution in [3.63, 3.8) is 0 Å². The van der Waals surface area contributed by atoms with Crippen LogP contribution in [0.2, 0.25) is 0 Å². The fourth-order valence-corrected chi connectivity index (χ4v) is 3.13. The van der Waals surface area contributed by atoms with Crippen LogP contribution in [0.3, 0.4) is 0 Å². The quantitative estimate of drug-likeness (QED) is 0.801. The molecule has 0 saturated heterocycles. The summed E-state index contributed by atoms with van der Waals surface area (Å²) in [4.78, 5) is 13.9. The topological polar surface area (TPSA) is 53.3 Å². The molecule has 4 nitrogen and oxygen atoms in total. The molecule has 1 aliphatic rings. The molecule has 0 N–H and O–H groups in total. The van der Waals surface area contributed by atoms with Crippen molar-refractivity contribution in [2.75, 3.05) is 13.7 Å². The van der Waals surface area contributed by atoms with Gasteiger partial charge in [0.05, 0.1) is 24.8 Å². The number of nitrogens with zero attached hydrogens (tertiary/aromatic N) is 2. The van der Waals surface area contributed by atoms with E-state index in [1.807, 2.05) is 30.3 Å². The predicted molar refractivity (Wildman–Crippen MR) is 90.2 cm³/mol. The fraction of sp³-hybridized carbons (Fsp3) is 0.200. The Balaban J connectivity index is 2.11. The third-order valence-electron chi connectivity index (χ3n) is 4.32. The zero-order chi connectivity index (χ0) is 17.1. The van der Waals surface area contributed by atoms with E-state index in [0.717, 1.165) is 28.9 Å². The van der Waals surface area contributed by atoms with Crippen molar-refractivity contribution >= 4 is 5.91 Å². The van der Waals surface area contributed by atoms with Gasteiger partial charge in [-0.05, 0) is 53.3 Å². The number of methoxy groups -OCH3 is 1. The maximum absolute atomic E-state index is 12.2. The van der Waals surface area contributed by atoms with Crippen LogP contribution in [-0.2, 0) is 11.2 Å². The van der Waals surface area contributed by atoms with Gasteiger partial charge in [0, 0.05) is 6.54 Å². The first-order chi connectivity index (χ1) is 11.7. The monoisotopic (exact) mass is 316 g/mol. The second kappa shape index (κ2) is 6.48. The molecule has 0 saturated carbocycles. The lowest BCUT2D eigenvalue weighted by Crippen LogP contribution is -2.39. The normalized spacial score (nSPS) is 15.8. The number of carbonyl (C=O) groups excluding carboxylic acids is 1. The van der Waals surface area contributed by atoms with Crippen LogP contribution in [0.1, 0.15) is 28.3 Å². The predicted octanol–water partition coefficient (Wildman–Crippen LogP) is 2.67. The first-order valence-electron chi connectivity index (χ1n) is 7.62. The zero-order valence-corrected chi connectivity index (χ0v) is 13.3. The van der Waals surface area contributed by atoms with Crippen LogP contribution in [0.5, 0.6) is 5.75 Å². The van der Waals surface area contributed by atoms with Gasteiger partial charge in [0.1, 0.15) is 5.75 Å². The molecule has 2 aromatic carbocycles. The Morgan fingerprint density at radius 2 is 2.04 bits per heavy atom. The van der Waals surface area contributed by atoms with Crippen molar-refractivity contribution in [1.82, 2.24) is 4.90 Å². The van der Waals surface area contributed by atoms with Gasteiger partial charge in [0.2, 0.25) is 0 Å². The molecule has 118 valence electrons. The van der Waals surface area contributed by atoms with Gasteiger partial charge >= 0.3 is 0 Å². The summed E-state index contributed by atoms with van der Waals surface area (Å²) >= 11 is 0. The van der Waals surface area contributed by atoms with E-state index in [2.05, 4.69) is 12.0 Å². The van der Waals surface area contributed by atoms with Gasteiger partial charge in [-0.3, -0.25) is 4.79 Å². The van der Waals surface area contributed by atoms with Crippen molar-refractivity contribution in [3.05, 3.63) is 64.7 Å². The van der Waals surface area contributed by atoms with E-state index in [0.29, 0.717) is 12.1 Å². The highest BCUT2D eigenvalue weighted by atomic mass is 16.5. The molecular formula is C20H16N2O2. The Hall–Kier alpha value is -3.24. The Labute approximate surface area is 141 Å². The summed E-state index contributed by atoms with van der Waals surface area (Å²) in [7, 11) is 1.64. The largest absolute Gasteiger partial charge is 0.497 e. The van der Waals surface area contributed by atoms with Crippen LogP contribution < -0.4 is 4.74 Å². The molecule has 0 bridgehead atoms. The Kier molecular flexibility index (Phi) is 4.22. The van der Waals surface area contributed by atoms with Crippen LogP contribution in [0.4, 0.5) is 0 Å². The van der Waals surface area contributed by atoms with Gasteiger partial charge in [0.15, 0.2) is 0 Å². The van der Waals surface area contributed by atoms with E-state index in [1.54, 1.807) is 24.1 Å². The number of benzene rings is 2. The van der Waals surface area contributed by atoms with Crippen LogP contribution >= 0.6 is 0 Å². The molecule has 1 atom stereocenters. The SMILES string of the molecule is C#CC(=O)N1CCc2cc(OC)ccc2C1c1ccc(C#N)cc1. The highest BCUT2D eigenvalue weighted by Gasteiger charge is 2.31. The number of amides is 1. The summed E-state index contributed by atoms with van der Waals surface area (Å²) in [5, 5.41) is 8.98. The Bertz CT molecular complexity index is 857. The molecule has 0 aromatic heterocycles. The minimum Gasteiger partial charge on any atom is -0.497 e. The summed E-state index contributed by atoms with van der Waals surface area (Å²) in [5.74, 6) is 2.69. The summed E-state index contributed by atoms with van der Waals surface area (Å²) < 4.78 is 5.30. The minimum atomic E-state index is -0.328. The minimum absolute atomic E-state index is 0.254. The van der Waals surface area contributed by atoms with E-state index in [-0.39, 0.29) is 11.9 Å². The van der Waals surface area contributed by atoms with Crippen LogP contribution in [-0.4, -0.2) is 24.5 Å². The van der Waals surface area contributed by atoms with Gasteiger partial charge in [0.25, 0.3) is 5.91 Å². The van der Waals surface area contributed by atoms with Crippen LogP contribution in [0, 0.1) is 23.7 Å². The maximum Gasteiger partial charge on any atom is 0.298 e. The lowest BCUT2D eigenvalue weighted by Gasteiger charge is -2.36. The van der Waals surface area contributed by atoms with Gasteiger partial charge in [-0.25, -0.2) is 0 Å². The number of fused-ring (bicyclic) bond motifs is 1. The van der Waals surface area contributed by atoms with Gasteiger partial charge in [-0.1, -0.05) is 18.2 Å². The lowest BCUT2D eigenvalue weighted by atomic mass is 9.87. The number of ether oxygens (including phenoxy) is 1. The van der Waals surface area contributed by atoms with Crippen molar-refractivity contribution in [1.29, 1.82) is 5.26 Å². The number of hydrogen-bond donors (Lipinski definition) is 0. The zero-order valence-electron chi connectivity index (χ0n) is 13.3. The molecule has 1 unspecified atom stereocenters. The van der Waals surface area contributed by atoms with E-state index < -0.39 is 0 Å². The molecule has 0 spiro atoms. The standard InChI is InChI=1S/C20H16N2O2/c1-3-19(23)22-11-10-16-12-17(24-2)8-9-18(16)20(22)15-6-4-14(13-21)5-7-15/h1,4-9,12,20H,10-11H2,2H3. The van der Waals surface area contributed by atoms with Crippen LogP contribution in [0.25, 0.3) is 0 Å². The molecule has 0 radical (unpaired) electrons. The molecule has 24 heavy (non-hydrogen) atoms. The number of hydrogen-bond acceptors (Lipinski definition) is 3. The fourth-order valence-electron chi connectivity index (χ4n) is 3.13. The summed E-state index contributed by atoms with van der Waals surface area (Å²) in [6.45, 7) is 0.549. The first kappa shape index (κ1) is 15.6. The first-order valence-corrected chi connectivity index (χ1v) is 7.62. The summed E-state index contributed by atoms with van der Waals surface area (Å²) in [5.41, 5.74) is 3.70. The number of carbonyl (C=O) groups is 1. The van der Waals surface area contributed by atoms with Gasteiger partial charge in [-0.2, -0.15) is 5.26 Å². The van der Waals surface area contributed by atoms with Crippen LogP contribution in [0.15, 0.2) is 42.5 Å². The Morgan fingerprint density at radius 1 is 1.29 bits per heavy atom. The van der Waals surface area contributed by atoms with Crippen molar-refractivity contribution in [2.24, 2.45) is 0 Å². The third kappa shape index (κ3) is 2.71. The molecule has 0 fully saturated rings.